The summed E-state index contributed by atoms with van der Waals surface area (Å²) in [7, 11) is 0. The van der Waals surface area contributed by atoms with E-state index in [0.717, 1.165) is 12.8 Å². The number of hydrogen-bond acceptors (Lipinski definition) is 5. The quantitative estimate of drug-likeness (QED) is 0.654. The highest BCUT2D eigenvalue weighted by atomic mass is 16.2. The minimum Gasteiger partial charge on any atom is -0.343 e. The summed E-state index contributed by atoms with van der Waals surface area (Å²) in [4.78, 5) is 52.7. The zero-order chi connectivity index (χ0) is 19.2. The summed E-state index contributed by atoms with van der Waals surface area (Å²) in [5.41, 5.74) is -0.739. The zero-order valence-electron chi connectivity index (χ0n) is 14.8. The summed E-state index contributed by atoms with van der Waals surface area (Å²) >= 11 is 0. The Morgan fingerprint density at radius 2 is 2.22 bits per heavy atom. The van der Waals surface area contributed by atoms with Crippen LogP contribution in [0.2, 0.25) is 0 Å². The summed E-state index contributed by atoms with van der Waals surface area (Å²) in [6.07, 6.45) is 4.41. The smallest absolute Gasteiger partial charge is 0.326 e. The first-order valence-electron chi connectivity index (χ1n) is 8.88. The number of rotatable bonds is 4. The summed E-state index contributed by atoms with van der Waals surface area (Å²) < 4.78 is 1.37. The first kappa shape index (κ1) is 17.3. The van der Waals surface area contributed by atoms with Crippen LogP contribution < -0.4 is 16.6 Å². The summed E-state index contributed by atoms with van der Waals surface area (Å²) in [6.45, 7) is 3.07. The normalized spacial score (nSPS) is 23.6. The number of fused-ring (bicyclic) bond motifs is 1. The number of H-pyrrole nitrogens is 2. The number of nitrogens with zero attached hydrogens (tertiary/aromatic N) is 3. The van der Waals surface area contributed by atoms with Crippen LogP contribution in [0.25, 0.3) is 0 Å². The van der Waals surface area contributed by atoms with Crippen LogP contribution in [-0.2, 0) is 6.54 Å². The maximum atomic E-state index is 12.7. The van der Waals surface area contributed by atoms with Gasteiger partial charge in [0.2, 0.25) is 0 Å². The van der Waals surface area contributed by atoms with E-state index in [9.17, 15) is 19.2 Å². The Kier molecular flexibility index (Phi) is 3.97. The molecule has 3 N–H and O–H groups in total. The van der Waals surface area contributed by atoms with Crippen LogP contribution >= 0.6 is 0 Å². The number of aromatic nitrogens is 4. The summed E-state index contributed by atoms with van der Waals surface area (Å²) in [6, 6.07) is 1.22. The molecule has 142 valence electrons. The van der Waals surface area contributed by atoms with Crippen molar-refractivity contribution >= 4 is 11.8 Å². The fourth-order valence-electron chi connectivity index (χ4n) is 4.06. The average molecular weight is 372 g/mol. The third-order valence-electron chi connectivity index (χ3n) is 5.61. The SMILES string of the molecule is CCn1c(C(=O)N[C@]23CC[C@H]2CN(C(=O)c2cn[nH]c(=O)c2)C3)c[nH]c1=O. The number of hydrogen-bond donors (Lipinski definition) is 3. The zero-order valence-corrected chi connectivity index (χ0v) is 14.8. The van der Waals surface area contributed by atoms with Gasteiger partial charge >= 0.3 is 5.69 Å². The number of amides is 2. The molecule has 27 heavy (non-hydrogen) atoms. The largest absolute Gasteiger partial charge is 0.343 e. The molecule has 0 bridgehead atoms. The first-order valence-corrected chi connectivity index (χ1v) is 8.88. The van der Waals surface area contributed by atoms with Crippen molar-refractivity contribution in [1.82, 2.24) is 30.0 Å². The van der Waals surface area contributed by atoms with E-state index in [0.29, 0.717) is 19.6 Å². The third-order valence-corrected chi connectivity index (χ3v) is 5.61. The van der Waals surface area contributed by atoms with E-state index in [1.807, 2.05) is 0 Å². The second-order valence-electron chi connectivity index (χ2n) is 7.09. The highest BCUT2D eigenvalue weighted by Gasteiger charge is 2.55. The Bertz CT molecular complexity index is 1020. The summed E-state index contributed by atoms with van der Waals surface area (Å²) in [5.74, 6) is -0.447. The molecule has 1 aliphatic heterocycles. The van der Waals surface area contributed by atoms with Crippen LogP contribution in [0, 0.1) is 5.92 Å². The maximum absolute atomic E-state index is 12.7. The van der Waals surface area contributed by atoms with Crippen LogP contribution in [-0.4, -0.2) is 55.1 Å². The van der Waals surface area contributed by atoms with Crippen molar-refractivity contribution in [1.29, 1.82) is 0 Å². The van der Waals surface area contributed by atoms with Gasteiger partial charge in [0.1, 0.15) is 5.69 Å². The Morgan fingerprint density at radius 3 is 2.89 bits per heavy atom. The molecule has 10 heteroatoms. The molecule has 2 aromatic rings. The topological polar surface area (TPSA) is 133 Å². The molecule has 2 aliphatic rings. The lowest BCUT2D eigenvalue weighted by Crippen LogP contribution is -2.60. The van der Waals surface area contributed by atoms with Crippen molar-refractivity contribution < 1.29 is 9.59 Å². The van der Waals surface area contributed by atoms with Crippen molar-refractivity contribution in [3.63, 3.8) is 0 Å². The van der Waals surface area contributed by atoms with Crippen LogP contribution in [0.5, 0.6) is 0 Å². The van der Waals surface area contributed by atoms with Crippen LogP contribution in [0.3, 0.4) is 0 Å². The Hall–Kier alpha value is -3.17. The van der Waals surface area contributed by atoms with Gasteiger partial charge in [0, 0.05) is 37.8 Å². The van der Waals surface area contributed by atoms with Crippen LogP contribution in [0.15, 0.2) is 28.0 Å². The molecule has 10 nitrogen and oxygen atoms in total. The minimum absolute atomic E-state index is 0.154. The van der Waals surface area contributed by atoms with E-state index in [1.54, 1.807) is 11.8 Å². The van der Waals surface area contributed by atoms with Gasteiger partial charge in [-0.3, -0.25) is 19.0 Å². The second-order valence-corrected chi connectivity index (χ2v) is 7.09. The van der Waals surface area contributed by atoms with E-state index >= 15 is 0 Å². The molecule has 0 aromatic carbocycles. The van der Waals surface area contributed by atoms with Crippen molar-refractivity contribution in [2.75, 3.05) is 13.1 Å². The van der Waals surface area contributed by atoms with E-state index in [4.69, 9.17) is 0 Å². The fourth-order valence-corrected chi connectivity index (χ4v) is 4.06. The fraction of sp³-hybridized carbons (Fsp3) is 0.471. The van der Waals surface area contributed by atoms with Crippen molar-refractivity contribution in [3.05, 3.63) is 50.6 Å². The lowest BCUT2D eigenvalue weighted by Gasteiger charge is -2.44. The second kappa shape index (κ2) is 6.22. The molecular formula is C17H20N6O4. The molecule has 2 aromatic heterocycles. The maximum Gasteiger partial charge on any atom is 0.326 e. The molecule has 2 fully saturated rings. The lowest BCUT2D eigenvalue weighted by molar-refractivity contribution is 0.0721. The predicted octanol–water partition coefficient (Wildman–Crippen LogP) is -0.686. The molecule has 1 saturated heterocycles. The van der Waals surface area contributed by atoms with Gasteiger partial charge in [-0.1, -0.05) is 0 Å². The van der Waals surface area contributed by atoms with Gasteiger partial charge in [-0.15, -0.1) is 0 Å². The highest BCUT2D eigenvalue weighted by Crippen LogP contribution is 2.45. The Morgan fingerprint density at radius 1 is 1.41 bits per heavy atom. The third kappa shape index (κ3) is 2.77. The summed E-state index contributed by atoms with van der Waals surface area (Å²) in [5, 5.41) is 8.96. The molecular weight excluding hydrogens is 352 g/mol. The Labute approximate surface area is 153 Å². The standard InChI is InChI=1S/C17H20N6O4/c1-2-23-12(7-18-16(23)27)14(25)20-17-4-3-11(17)8-22(9-17)15(26)10-5-13(24)21-19-6-10/h5-7,11H,2-4,8-9H2,1H3,(H,18,27)(H,20,25)(H,21,24)/t11-,17-/m0/s1. The average Bonchev–Trinajstić information content (AvgIpc) is 3.13. The Balaban J connectivity index is 1.52. The number of likely N-dealkylation sites (tertiary alicyclic amines) is 1. The van der Waals surface area contributed by atoms with E-state index in [2.05, 4.69) is 20.5 Å². The van der Waals surface area contributed by atoms with Crippen molar-refractivity contribution in [3.8, 4) is 0 Å². The predicted molar refractivity (Wildman–Crippen MR) is 94.4 cm³/mol. The molecule has 1 aliphatic carbocycles. The molecule has 0 spiro atoms. The van der Waals surface area contributed by atoms with Gasteiger partial charge in [-0.05, 0) is 19.8 Å². The molecule has 0 unspecified atom stereocenters. The van der Waals surface area contributed by atoms with Gasteiger partial charge in [-0.2, -0.15) is 5.10 Å². The van der Waals surface area contributed by atoms with Crippen molar-refractivity contribution in [2.45, 2.75) is 31.8 Å². The molecule has 2 amide bonds. The number of imidazole rings is 1. The molecule has 4 rings (SSSR count). The van der Waals surface area contributed by atoms with Gasteiger partial charge in [0.05, 0.1) is 17.3 Å². The van der Waals surface area contributed by atoms with Gasteiger partial charge < -0.3 is 15.2 Å². The minimum atomic E-state index is -0.493. The van der Waals surface area contributed by atoms with Gasteiger partial charge in [-0.25, -0.2) is 9.89 Å². The van der Waals surface area contributed by atoms with Crippen molar-refractivity contribution in [2.24, 2.45) is 5.92 Å². The monoisotopic (exact) mass is 372 g/mol. The molecule has 0 radical (unpaired) electrons. The molecule has 2 atom stereocenters. The van der Waals surface area contributed by atoms with Gasteiger partial charge in [0.15, 0.2) is 0 Å². The van der Waals surface area contributed by atoms with Crippen LogP contribution in [0.4, 0.5) is 0 Å². The number of carbonyl (C=O) groups is 2. The van der Waals surface area contributed by atoms with E-state index < -0.39 is 11.1 Å². The number of aromatic amines is 2. The van der Waals surface area contributed by atoms with Gasteiger partial charge in [0.25, 0.3) is 17.4 Å². The number of carbonyl (C=O) groups excluding carboxylic acids is 2. The molecule has 1 saturated carbocycles. The lowest BCUT2D eigenvalue weighted by atomic mass is 9.69. The van der Waals surface area contributed by atoms with E-state index in [-0.39, 0.29) is 34.7 Å². The van der Waals surface area contributed by atoms with Crippen LogP contribution in [0.1, 0.15) is 40.6 Å². The molecule has 3 heterocycles. The highest BCUT2D eigenvalue weighted by molar-refractivity contribution is 5.95. The number of nitrogens with one attached hydrogen (secondary N) is 3. The first-order chi connectivity index (χ1) is 12.9. The van der Waals surface area contributed by atoms with E-state index in [1.165, 1.54) is 23.0 Å².